The summed E-state index contributed by atoms with van der Waals surface area (Å²) in [7, 11) is 0. The van der Waals surface area contributed by atoms with Crippen molar-refractivity contribution < 1.29 is 10.2 Å². The molecule has 1 rings (SSSR count). The summed E-state index contributed by atoms with van der Waals surface area (Å²) in [6.45, 7) is 8.79. The molecule has 0 heterocycles. The normalized spacial score (nSPS) is 14.6. The molecule has 3 heteroatoms. The van der Waals surface area contributed by atoms with Crippen LogP contribution in [-0.4, -0.2) is 29.4 Å². The van der Waals surface area contributed by atoms with E-state index in [0.717, 1.165) is 23.1 Å². The molecule has 1 aromatic carbocycles. The van der Waals surface area contributed by atoms with Crippen LogP contribution < -0.4 is 5.32 Å². The van der Waals surface area contributed by atoms with E-state index in [-0.39, 0.29) is 12.6 Å². The van der Waals surface area contributed by atoms with Crippen molar-refractivity contribution in [2.45, 2.75) is 46.3 Å². The van der Waals surface area contributed by atoms with Crippen LogP contribution >= 0.6 is 0 Å². The number of nitrogens with one attached hydrogen (secondary N) is 1. The third-order valence-electron chi connectivity index (χ3n) is 3.37. The summed E-state index contributed by atoms with van der Waals surface area (Å²) in [4.78, 5) is 0. The van der Waals surface area contributed by atoms with Crippen LogP contribution in [-0.2, 0) is 0 Å². The Balaban J connectivity index is 2.97. The topological polar surface area (TPSA) is 52.5 Å². The van der Waals surface area contributed by atoms with Crippen LogP contribution in [0.2, 0.25) is 0 Å². The smallest absolute Gasteiger partial charge is 0.0947 e. The first-order valence-electron chi connectivity index (χ1n) is 6.61. The molecule has 0 aliphatic carbocycles. The van der Waals surface area contributed by atoms with Gasteiger partial charge in [0.2, 0.25) is 0 Å². The number of hydrogen-bond donors (Lipinski definition) is 3. The lowest BCUT2D eigenvalue weighted by Crippen LogP contribution is -2.36. The van der Waals surface area contributed by atoms with E-state index in [4.69, 9.17) is 5.11 Å². The van der Waals surface area contributed by atoms with Gasteiger partial charge in [0.25, 0.3) is 0 Å². The fraction of sp³-hybridized carbons (Fsp3) is 0.600. The maximum atomic E-state index is 10.5. The molecule has 2 atom stereocenters. The third-order valence-corrected chi connectivity index (χ3v) is 3.37. The van der Waals surface area contributed by atoms with Crippen molar-refractivity contribution in [1.82, 2.24) is 5.32 Å². The van der Waals surface area contributed by atoms with Crippen LogP contribution in [0.15, 0.2) is 12.1 Å². The first-order valence-corrected chi connectivity index (χ1v) is 6.61. The van der Waals surface area contributed by atoms with Crippen molar-refractivity contribution in [3.8, 4) is 0 Å². The molecule has 0 spiro atoms. The van der Waals surface area contributed by atoms with Gasteiger partial charge in [-0.05, 0) is 43.9 Å². The van der Waals surface area contributed by atoms with Gasteiger partial charge >= 0.3 is 0 Å². The quantitative estimate of drug-likeness (QED) is 0.725. The Bertz CT molecular complexity index is 367. The fourth-order valence-corrected chi connectivity index (χ4v) is 2.59. The van der Waals surface area contributed by atoms with Crippen LogP contribution in [0.4, 0.5) is 0 Å². The highest BCUT2D eigenvalue weighted by Gasteiger charge is 2.21. The van der Waals surface area contributed by atoms with E-state index in [9.17, 15) is 5.11 Å². The Morgan fingerprint density at radius 2 is 1.72 bits per heavy atom. The van der Waals surface area contributed by atoms with E-state index >= 15 is 0 Å². The molecule has 102 valence electrons. The molecule has 0 aliphatic rings. The van der Waals surface area contributed by atoms with Gasteiger partial charge in [0.15, 0.2) is 0 Å². The lowest BCUT2D eigenvalue weighted by Gasteiger charge is -2.26. The van der Waals surface area contributed by atoms with Gasteiger partial charge in [-0.15, -0.1) is 0 Å². The summed E-state index contributed by atoms with van der Waals surface area (Å²) in [5.74, 6) is 0. The molecule has 2 unspecified atom stereocenters. The van der Waals surface area contributed by atoms with E-state index < -0.39 is 6.10 Å². The molecule has 0 saturated heterocycles. The van der Waals surface area contributed by atoms with Crippen LogP contribution in [0, 0.1) is 20.8 Å². The largest absolute Gasteiger partial charge is 0.395 e. The first-order chi connectivity index (χ1) is 8.51. The second kappa shape index (κ2) is 6.88. The zero-order chi connectivity index (χ0) is 13.7. The predicted octanol–water partition coefficient (Wildman–Crippen LogP) is 2.01. The van der Waals surface area contributed by atoms with Crippen LogP contribution in [0.5, 0.6) is 0 Å². The monoisotopic (exact) mass is 251 g/mol. The number of hydrogen-bond acceptors (Lipinski definition) is 3. The van der Waals surface area contributed by atoms with Crippen molar-refractivity contribution in [3.05, 3.63) is 34.4 Å². The van der Waals surface area contributed by atoms with Gasteiger partial charge < -0.3 is 15.5 Å². The number of aliphatic hydroxyl groups excluding tert-OH is 2. The zero-order valence-electron chi connectivity index (χ0n) is 11.8. The molecule has 3 N–H and O–H groups in total. The molecular formula is C15H25NO2. The van der Waals surface area contributed by atoms with E-state index in [1.807, 2.05) is 20.8 Å². The predicted molar refractivity (Wildman–Crippen MR) is 74.8 cm³/mol. The van der Waals surface area contributed by atoms with Gasteiger partial charge in [-0.25, -0.2) is 0 Å². The molecule has 1 aromatic rings. The highest BCUT2D eigenvalue weighted by Crippen LogP contribution is 2.26. The molecule has 0 radical (unpaired) electrons. The van der Waals surface area contributed by atoms with Gasteiger partial charge in [0.05, 0.1) is 12.7 Å². The van der Waals surface area contributed by atoms with Gasteiger partial charge in [-0.3, -0.25) is 0 Å². The summed E-state index contributed by atoms with van der Waals surface area (Å²) >= 11 is 0. The van der Waals surface area contributed by atoms with Gasteiger partial charge in [-0.2, -0.15) is 0 Å². The van der Waals surface area contributed by atoms with E-state index in [0.29, 0.717) is 6.54 Å². The Labute approximate surface area is 110 Å². The number of benzene rings is 1. The summed E-state index contributed by atoms with van der Waals surface area (Å²) in [5, 5.41) is 22.6. The minimum Gasteiger partial charge on any atom is -0.395 e. The van der Waals surface area contributed by atoms with E-state index in [2.05, 4.69) is 24.4 Å². The number of rotatable bonds is 6. The number of aryl methyl sites for hydroxylation is 3. The summed E-state index contributed by atoms with van der Waals surface area (Å²) in [6, 6.07) is 4.19. The zero-order valence-corrected chi connectivity index (χ0v) is 11.8. The Kier molecular flexibility index (Phi) is 5.79. The van der Waals surface area contributed by atoms with Gasteiger partial charge in [0, 0.05) is 12.6 Å². The maximum absolute atomic E-state index is 10.5. The third kappa shape index (κ3) is 3.55. The fourth-order valence-electron chi connectivity index (χ4n) is 2.59. The minimum atomic E-state index is -0.526. The first kappa shape index (κ1) is 15.2. The molecule has 0 aromatic heterocycles. The second-order valence-electron chi connectivity index (χ2n) is 4.95. The van der Waals surface area contributed by atoms with Crippen LogP contribution in [0.1, 0.15) is 41.7 Å². The minimum absolute atomic E-state index is 0.0164. The van der Waals surface area contributed by atoms with Crippen molar-refractivity contribution >= 4 is 0 Å². The van der Waals surface area contributed by atoms with Gasteiger partial charge in [0.1, 0.15) is 0 Å². The average Bonchev–Trinajstić information content (AvgIpc) is 2.28. The lowest BCUT2D eigenvalue weighted by atomic mass is 9.91. The van der Waals surface area contributed by atoms with Crippen molar-refractivity contribution in [2.24, 2.45) is 0 Å². The Morgan fingerprint density at radius 1 is 1.17 bits per heavy atom. The van der Waals surface area contributed by atoms with Crippen molar-refractivity contribution in [1.29, 1.82) is 0 Å². The Morgan fingerprint density at radius 3 is 2.17 bits per heavy atom. The Hall–Kier alpha value is -0.900. The standard InChI is InChI=1S/C15H25NO2/c1-5-13(16-6-7-17)15(18)14-11(3)8-10(2)9-12(14)4/h8-9,13,15-18H,5-7H2,1-4H3. The molecule has 0 saturated carbocycles. The van der Waals surface area contributed by atoms with Crippen LogP contribution in [0.3, 0.4) is 0 Å². The molecule has 0 bridgehead atoms. The molecule has 18 heavy (non-hydrogen) atoms. The maximum Gasteiger partial charge on any atom is 0.0947 e. The van der Waals surface area contributed by atoms with E-state index in [1.165, 1.54) is 5.56 Å². The highest BCUT2D eigenvalue weighted by atomic mass is 16.3. The summed E-state index contributed by atoms with van der Waals surface area (Å²) < 4.78 is 0. The summed E-state index contributed by atoms with van der Waals surface area (Å²) in [5.41, 5.74) is 4.49. The molecule has 0 aliphatic heterocycles. The van der Waals surface area contributed by atoms with Crippen molar-refractivity contribution in [2.75, 3.05) is 13.2 Å². The molecular weight excluding hydrogens is 226 g/mol. The van der Waals surface area contributed by atoms with Crippen LogP contribution in [0.25, 0.3) is 0 Å². The van der Waals surface area contributed by atoms with E-state index in [1.54, 1.807) is 0 Å². The van der Waals surface area contributed by atoms with Gasteiger partial charge in [-0.1, -0.05) is 24.6 Å². The molecule has 3 nitrogen and oxygen atoms in total. The molecule has 0 amide bonds. The summed E-state index contributed by atoms with van der Waals surface area (Å²) in [6.07, 6.45) is 0.302. The average molecular weight is 251 g/mol. The van der Waals surface area contributed by atoms with Crippen molar-refractivity contribution in [3.63, 3.8) is 0 Å². The highest BCUT2D eigenvalue weighted by molar-refractivity contribution is 5.39. The second-order valence-corrected chi connectivity index (χ2v) is 4.95. The lowest BCUT2D eigenvalue weighted by molar-refractivity contribution is 0.121. The number of aliphatic hydroxyl groups is 2. The SMILES string of the molecule is CCC(NCCO)C(O)c1c(C)cc(C)cc1C. The molecule has 0 fully saturated rings.